The Hall–Kier alpha value is -1.07. The lowest BCUT2D eigenvalue weighted by Crippen LogP contribution is -2.23. The van der Waals surface area contributed by atoms with Gasteiger partial charge < -0.3 is 10.4 Å². The second kappa shape index (κ2) is 6.39. The lowest BCUT2D eigenvalue weighted by atomic mass is 9.88. The zero-order chi connectivity index (χ0) is 14.5. The van der Waals surface area contributed by atoms with Crippen LogP contribution in [0, 0.1) is 5.41 Å². The van der Waals surface area contributed by atoms with Gasteiger partial charge in [-0.2, -0.15) is 0 Å². The van der Waals surface area contributed by atoms with Gasteiger partial charge in [0.2, 0.25) is 0 Å². The number of aliphatic hydroxyl groups excluding tert-OH is 1. The van der Waals surface area contributed by atoms with E-state index in [9.17, 15) is 8.42 Å². The second-order valence-corrected chi connectivity index (χ2v) is 7.66. The minimum Gasteiger partial charge on any atom is -0.396 e. The van der Waals surface area contributed by atoms with Gasteiger partial charge in [0, 0.05) is 25.1 Å². The van der Waals surface area contributed by atoms with Crippen LogP contribution in [0.25, 0.3) is 0 Å². The predicted octanol–water partition coefficient (Wildman–Crippen LogP) is 2.30. The van der Waals surface area contributed by atoms with Crippen LogP contribution in [0.1, 0.15) is 26.7 Å². The third-order valence-electron chi connectivity index (χ3n) is 3.07. The van der Waals surface area contributed by atoms with E-state index in [1.807, 2.05) is 0 Å². The van der Waals surface area contributed by atoms with Crippen molar-refractivity contribution in [2.75, 3.05) is 24.7 Å². The highest BCUT2D eigenvalue weighted by atomic mass is 32.2. The monoisotopic (exact) mass is 285 g/mol. The van der Waals surface area contributed by atoms with Crippen molar-refractivity contribution in [3.63, 3.8) is 0 Å². The molecule has 0 atom stereocenters. The van der Waals surface area contributed by atoms with Crippen LogP contribution < -0.4 is 5.32 Å². The van der Waals surface area contributed by atoms with E-state index in [0.717, 1.165) is 25.1 Å². The molecule has 0 saturated heterocycles. The number of benzene rings is 1. The van der Waals surface area contributed by atoms with Crippen LogP contribution >= 0.6 is 0 Å². The van der Waals surface area contributed by atoms with E-state index in [1.165, 1.54) is 6.26 Å². The third-order valence-corrected chi connectivity index (χ3v) is 4.19. The molecule has 4 nitrogen and oxygen atoms in total. The molecule has 19 heavy (non-hydrogen) atoms. The average Bonchev–Trinajstić information content (AvgIpc) is 2.34. The normalized spacial score (nSPS) is 12.4. The quantitative estimate of drug-likeness (QED) is 0.806. The van der Waals surface area contributed by atoms with Crippen molar-refractivity contribution in [1.82, 2.24) is 0 Å². The molecule has 0 saturated carbocycles. The summed E-state index contributed by atoms with van der Waals surface area (Å²) in [5, 5.41) is 12.1. The molecule has 0 unspecified atom stereocenters. The first kappa shape index (κ1) is 16.0. The maximum absolute atomic E-state index is 11.3. The zero-order valence-electron chi connectivity index (χ0n) is 11.8. The Morgan fingerprint density at radius 1 is 1.21 bits per heavy atom. The molecule has 0 heterocycles. The number of hydrogen-bond donors (Lipinski definition) is 2. The van der Waals surface area contributed by atoms with Crippen LogP contribution in [-0.2, 0) is 9.84 Å². The molecule has 2 N–H and O–H groups in total. The first-order valence-electron chi connectivity index (χ1n) is 6.39. The molecule has 1 rings (SSSR count). The van der Waals surface area contributed by atoms with Gasteiger partial charge in [-0.15, -0.1) is 0 Å². The maximum Gasteiger partial charge on any atom is 0.175 e. The van der Waals surface area contributed by atoms with Crippen LogP contribution in [0.3, 0.4) is 0 Å². The van der Waals surface area contributed by atoms with E-state index in [1.54, 1.807) is 24.3 Å². The Morgan fingerprint density at radius 2 is 1.79 bits per heavy atom. The highest BCUT2D eigenvalue weighted by Gasteiger charge is 2.16. The van der Waals surface area contributed by atoms with Gasteiger partial charge in [0.05, 0.1) is 4.90 Å². The Morgan fingerprint density at radius 3 is 2.26 bits per heavy atom. The summed E-state index contributed by atoms with van der Waals surface area (Å²) in [5.41, 5.74) is 1.00. The Labute approximate surface area is 115 Å². The third kappa shape index (κ3) is 5.61. The highest BCUT2D eigenvalue weighted by molar-refractivity contribution is 7.90. The van der Waals surface area contributed by atoms with Gasteiger partial charge in [-0.1, -0.05) is 13.8 Å². The summed E-state index contributed by atoms with van der Waals surface area (Å²) < 4.78 is 22.7. The summed E-state index contributed by atoms with van der Waals surface area (Å²) in [6.45, 7) is 5.28. The smallest absolute Gasteiger partial charge is 0.175 e. The topological polar surface area (TPSA) is 66.4 Å². The van der Waals surface area contributed by atoms with Crippen molar-refractivity contribution < 1.29 is 13.5 Å². The SMILES string of the molecule is CC(C)(CCCO)CNc1ccc(S(C)(=O)=O)cc1. The fourth-order valence-corrected chi connectivity index (χ4v) is 2.44. The number of nitrogens with one attached hydrogen (secondary N) is 1. The summed E-state index contributed by atoms with van der Waals surface area (Å²) >= 11 is 0. The van der Waals surface area contributed by atoms with Gasteiger partial charge >= 0.3 is 0 Å². The van der Waals surface area contributed by atoms with Crippen molar-refractivity contribution in [3.8, 4) is 0 Å². The largest absolute Gasteiger partial charge is 0.396 e. The molecule has 1 aromatic rings. The van der Waals surface area contributed by atoms with E-state index in [0.29, 0.717) is 4.90 Å². The van der Waals surface area contributed by atoms with Crippen molar-refractivity contribution in [2.24, 2.45) is 5.41 Å². The molecule has 0 aromatic heterocycles. The van der Waals surface area contributed by atoms with Crippen LogP contribution in [0.4, 0.5) is 5.69 Å². The molecule has 0 aliphatic heterocycles. The molecule has 0 radical (unpaired) electrons. The van der Waals surface area contributed by atoms with Gasteiger partial charge in [0.25, 0.3) is 0 Å². The fourth-order valence-electron chi connectivity index (χ4n) is 1.81. The standard InChI is InChI=1S/C14H23NO3S/c1-14(2,9-4-10-16)11-15-12-5-7-13(8-6-12)19(3,17)18/h5-8,15-16H,4,9-11H2,1-3H3. The van der Waals surface area contributed by atoms with Crippen molar-refractivity contribution in [2.45, 2.75) is 31.6 Å². The minimum atomic E-state index is -3.13. The summed E-state index contributed by atoms with van der Waals surface area (Å²) in [6, 6.07) is 6.77. The number of aliphatic hydroxyl groups is 1. The minimum absolute atomic E-state index is 0.0955. The summed E-state index contributed by atoms with van der Waals surface area (Å²) in [7, 11) is -3.13. The van der Waals surface area contributed by atoms with E-state index in [-0.39, 0.29) is 12.0 Å². The first-order valence-corrected chi connectivity index (χ1v) is 8.29. The summed E-state index contributed by atoms with van der Waals surface area (Å²) in [5.74, 6) is 0. The second-order valence-electron chi connectivity index (χ2n) is 5.64. The lowest BCUT2D eigenvalue weighted by Gasteiger charge is -2.25. The lowest BCUT2D eigenvalue weighted by molar-refractivity contribution is 0.248. The molecule has 108 valence electrons. The molecular weight excluding hydrogens is 262 g/mol. The van der Waals surface area contributed by atoms with Gasteiger partial charge in [-0.05, 0) is 42.5 Å². The maximum atomic E-state index is 11.3. The molecule has 0 aliphatic rings. The molecule has 5 heteroatoms. The zero-order valence-corrected chi connectivity index (χ0v) is 12.6. The predicted molar refractivity (Wildman–Crippen MR) is 78.1 cm³/mol. The van der Waals surface area contributed by atoms with Gasteiger partial charge in [0.15, 0.2) is 9.84 Å². The first-order chi connectivity index (χ1) is 8.74. The van der Waals surface area contributed by atoms with Gasteiger partial charge in [0.1, 0.15) is 0 Å². The average molecular weight is 285 g/mol. The van der Waals surface area contributed by atoms with E-state index in [4.69, 9.17) is 5.11 Å². The summed E-state index contributed by atoms with van der Waals surface area (Å²) in [4.78, 5) is 0.331. The Kier molecular flexibility index (Phi) is 5.38. The number of anilines is 1. The summed E-state index contributed by atoms with van der Waals surface area (Å²) in [6.07, 6.45) is 2.94. The van der Waals surface area contributed by atoms with E-state index < -0.39 is 9.84 Å². The van der Waals surface area contributed by atoms with Crippen molar-refractivity contribution in [3.05, 3.63) is 24.3 Å². The highest BCUT2D eigenvalue weighted by Crippen LogP contribution is 2.23. The van der Waals surface area contributed by atoms with Crippen molar-refractivity contribution >= 4 is 15.5 Å². The number of sulfone groups is 1. The van der Waals surface area contributed by atoms with Gasteiger partial charge in [-0.3, -0.25) is 0 Å². The van der Waals surface area contributed by atoms with Crippen LogP contribution in [0.2, 0.25) is 0 Å². The molecule has 1 aromatic carbocycles. The van der Waals surface area contributed by atoms with Gasteiger partial charge in [-0.25, -0.2) is 8.42 Å². The van der Waals surface area contributed by atoms with Crippen LogP contribution in [0.15, 0.2) is 29.2 Å². The van der Waals surface area contributed by atoms with E-state index >= 15 is 0 Å². The fraction of sp³-hybridized carbons (Fsp3) is 0.571. The number of hydrogen-bond acceptors (Lipinski definition) is 4. The molecule has 0 bridgehead atoms. The molecule has 0 fully saturated rings. The Balaban J connectivity index is 2.59. The van der Waals surface area contributed by atoms with Crippen molar-refractivity contribution in [1.29, 1.82) is 0 Å². The van der Waals surface area contributed by atoms with Crippen LogP contribution in [0.5, 0.6) is 0 Å². The number of rotatable bonds is 7. The Bertz CT molecular complexity index is 492. The molecule has 0 amide bonds. The molecule has 0 spiro atoms. The van der Waals surface area contributed by atoms with Crippen LogP contribution in [-0.4, -0.2) is 32.9 Å². The molecular formula is C14H23NO3S. The molecule has 0 aliphatic carbocycles. The van der Waals surface area contributed by atoms with E-state index in [2.05, 4.69) is 19.2 Å².